The first-order chi connectivity index (χ1) is 19.4. The lowest BCUT2D eigenvalue weighted by atomic mass is 10.0. The second-order valence-corrected chi connectivity index (χ2v) is 12.0. The first-order valence-corrected chi connectivity index (χ1v) is 14.8. The SMILES string of the molecule is CS(=O)(=O)c1ccc(-c2ccc(N3C[C@H](CO)OC3=O)cc2F)cc1.O=C1O[C@@H](CO)CN1c1ccc(Br)c(F)c1. The number of carbonyl (C=O) groups is 2. The molecular weight excluding hydrogens is 630 g/mol. The molecule has 2 heterocycles. The van der Waals surface area contributed by atoms with Gasteiger partial charge in [0.25, 0.3) is 0 Å². The number of sulfone groups is 1. The third-order valence-electron chi connectivity index (χ3n) is 6.23. The molecule has 2 fully saturated rings. The van der Waals surface area contributed by atoms with E-state index in [2.05, 4.69) is 15.9 Å². The van der Waals surface area contributed by atoms with Gasteiger partial charge in [0.2, 0.25) is 0 Å². The van der Waals surface area contributed by atoms with Gasteiger partial charge in [0.1, 0.15) is 23.8 Å². The molecule has 0 saturated carbocycles. The molecule has 3 aromatic rings. The van der Waals surface area contributed by atoms with Crippen molar-refractivity contribution < 1.29 is 46.5 Å². The number of hydrogen-bond acceptors (Lipinski definition) is 8. The number of benzene rings is 3. The Morgan fingerprint density at radius 1 is 0.829 bits per heavy atom. The molecule has 14 heteroatoms. The van der Waals surface area contributed by atoms with Crippen molar-refractivity contribution in [2.75, 3.05) is 42.4 Å². The van der Waals surface area contributed by atoms with Crippen molar-refractivity contribution >= 4 is 49.3 Å². The summed E-state index contributed by atoms with van der Waals surface area (Å²) < 4.78 is 60.8. The van der Waals surface area contributed by atoms with Gasteiger partial charge < -0.3 is 19.7 Å². The number of hydrogen-bond donors (Lipinski definition) is 2. The molecule has 0 aliphatic carbocycles. The van der Waals surface area contributed by atoms with Crippen molar-refractivity contribution in [3.8, 4) is 11.1 Å². The molecule has 0 aromatic heterocycles. The molecule has 218 valence electrons. The minimum atomic E-state index is -3.32. The number of amides is 2. The summed E-state index contributed by atoms with van der Waals surface area (Å²) in [4.78, 5) is 25.8. The van der Waals surface area contributed by atoms with Crippen LogP contribution in [0, 0.1) is 11.6 Å². The summed E-state index contributed by atoms with van der Waals surface area (Å²) in [5.74, 6) is -0.998. The normalized spacial score (nSPS) is 18.6. The van der Waals surface area contributed by atoms with Gasteiger partial charge >= 0.3 is 12.2 Å². The first kappa shape index (κ1) is 30.4. The highest BCUT2D eigenvalue weighted by Crippen LogP contribution is 2.30. The van der Waals surface area contributed by atoms with Crippen LogP contribution in [-0.2, 0) is 19.3 Å². The van der Waals surface area contributed by atoms with Gasteiger partial charge in [-0.25, -0.2) is 26.8 Å². The molecule has 5 rings (SSSR count). The largest absolute Gasteiger partial charge is 0.441 e. The van der Waals surface area contributed by atoms with E-state index >= 15 is 0 Å². The Labute approximate surface area is 242 Å². The third kappa shape index (κ3) is 7.01. The summed E-state index contributed by atoms with van der Waals surface area (Å²) in [5, 5.41) is 17.9. The van der Waals surface area contributed by atoms with Gasteiger partial charge in [-0.2, -0.15) is 0 Å². The quantitative estimate of drug-likeness (QED) is 0.406. The molecule has 10 nitrogen and oxygen atoms in total. The molecule has 0 unspecified atom stereocenters. The monoisotopic (exact) mass is 654 g/mol. The lowest BCUT2D eigenvalue weighted by Gasteiger charge is -2.14. The zero-order chi connectivity index (χ0) is 29.9. The third-order valence-corrected chi connectivity index (χ3v) is 8.00. The van der Waals surface area contributed by atoms with E-state index in [4.69, 9.17) is 19.7 Å². The van der Waals surface area contributed by atoms with Gasteiger partial charge in [-0.15, -0.1) is 0 Å². The van der Waals surface area contributed by atoms with Crippen LogP contribution in [0.5, 0.6) is 0 Å². The minimum Gasteiger partial charge on any atom is -0.441 e. The maximum Gasteiger partial charge on any atom is 0.414 e. The number of carbonyl (C=O) groups excluding carboxylic acids is 2. The molecule has 2 atom stereocenters. The molecule has 3 aromatic carbocycles. The lowest BCUT2D eigenvalue weighted by molar-refractivity contribution is 0.0960. The summed E-state index contributed by atoms with van der Waals surface area (Å²) in [6, 6.07) is 14.6. The van der Waals surface area contributed by atoms with Gasteiger partial charge in [0, 0.05) is 11.8 Å². The van der Waals surface area contributed by atoms with E-state index in [1.807, 2.05) is 0 Å². The molecule has 0 radical (unpaired) electrons. The van der Waals surface area contributed by atoms with Crippen molar-refractivity contribution in [3.63, 3.8) is 0 Å². The van der Waals surface area contributed by atoms with E-state index in [-0.39, 0.29) is 36.8 Å². The van der Waals surface area contributed by atoms with Crippen molar-refractivity contribution in [1.29, 1.82) is 0 Å². The van der Waals surface area contributed by atoms with Crippen molar-refractivity contribution in [2.45, 2.75) is 17.1 Å². The zero-order valence-corrected chi connectivity index (χ0v) is 23.9. The molecule has 41 heavy (non-hydrogen) atoms. The standard InChI is InChI=1S/C17H16FNO5S.C10H9BrFNO3/c1-25(22,23)14-5-2-11(3-6-14)15-7-4-12(8-16(15)18)19-9-13(10-20)24-17(19)21;11-8-2-1-6(3-9(8)12)13-4-7(5-14)16-10(13)15/h2-8,13,20H,9-10H2,1H3;1-3,7,14H,4-5H2/t13-;7-/m11/s1. The highest BCUT2D eigenvalue weighted by atomic mass is 79.9. The van der Waals surface area contributed by atoms with Crippen LogP contribution in [0.1, 0.15) is 0 Å². The van der Waals surface area contributed by atoms with Crippen molar-refractivity contribution in [3.05, 3.63) is 76.8 Å². The number of halogens is 3. The maximum absolute atomic E-state index is 14.5. The number of aliphatic hydroxyl groups excluding tert-OH is 2. The Kier molecular flexibility index (Phi) is 9.27. The van der Waals surface area contributed by atoms with Gasteiger partial charge in [-0.3, -0.25) is 9.80 Å². The number of cyclic esters (lactones) is 2. The van der Waals surface area contributed by atoms with Crippen LogP contribution in [0.4, 0.5) is 29.7 Å². The average molecular weight is 655 g/mol. The van der Waals surface area contributed by atoms with Gasteiger partial charge in [-0.1, -0.05) is 12.1 Å². The minimum absolute atomic E-state index is 0.150. The Morgan fingerprint density at radius 2 is 1.32 bits per heavy atom. The summed E-state index contributed by atoms with van der Waals surface area (Å²) in [6.07, 6.45) is -1.27. The van der Waals surface area contributed by atoms with Crippen LogP contribution in [0.3, 0.4) is 0 Å². The highest BCUT2D eigenvalue weighted by molar-refractivity contribution is 9.10. The van der Waals surface area contributed by atoms with E-state index < -0.39 is 45.9 Å². The maximum atomic E-state index is 14.5. The Hall–Kier alpha value is -3.59. The fourth-order valence-electron chi connectivity index (χ4n) is 4.10. The molecule has 2 saturated heterocycles. The van der Waals surface area contributed by atoms with Crippen LogP contribution in [-0.4, -0.2) is 75.6 Å². The van der Waals surface area contributed by atoms with Gasteiger partial charge in [0.05, 0.1) is 47.0 Å². The second-order valence-electron chi connectivity index (χ2n) is 9.16. The summed E-state index contributed by atoms with van der Waals surface area (Å²) in [5.41, 5.74) is 1.56. The average Bonchev–Trinajstić information content (AvgIpc) is 3.52. The van der Waals surface area contributed by atoms with Crippen LogP contribution in [0.25, 0.3) is 11.1 Å². The smallest absolute Gasteiger partial charge is 0.414 e. The fourth-order valence-corrected chi connectivity index (χ4v) is 4.97. The van der Waals surface area contributed by atoms with Crippen LogP contribution in [0.15, 0.2) is 70.0 Å². The summed E-state index contributed by atoms with van der Waals surface area (Å²) >= 11 is 3.03. The second kappa shape index (κ2) is 12.5. The summed E-state index contributed by atoms with van der Waals surface area (Å²) in [7, 11) is -3.32. The van der Waals surface area contributed by atoms with Crippen molar-refractivity contribution in [2.24, 2.45) is 0 Å². The highest BCUT2D eigenvalue weighted by Gasteiger charge is 2.33. The van der Waals surface area contributed by atoms with Gasteiger partial charge in [-0.05, 0) is 70.0 Å². The van der Waals surface area contributed by atoms with E-state index in [0.717, 1.165) is 6.26 Å². The number of aliphatic hydroxyl groups is 2. The Balaban J connectivity index is 0.000000208. The molecule has 2 aliphatic heterocycles. The molecule has 0 spiro atoms. The first-order valence-electron chi connectivity index (χ1n) is 12.1. The Morgan fingerprint density at radius 3 is 1.73 bits per heavy atom. The zero-order valence-electron chi connectivity index (χ0n) is 21.5. The molecule has 2 N–H and O–H groups in total. The van der Waals surface area contributed by atoms with Crippen LogP contribution in [0.2, 0.25) is 0 Å². The number of anilines is 2. The topological polar surface area (TPSA) is 134 Å². The van der Waals surface area contributed by atoms with Crippen LogP contribution >= 0.6 is 15.9 Å². The van der Waals surface area contributed by atoms with Gasteiger partial charge in [0.15, 0.2) is 9.84 Å². The predicted molar refractivity (Wildman–Crippen MR) is 148 cm³/mol. The fraction of sp³-hybridized carbons (Fsp3) is 0.259. The van der Waals surface area contributed by atoms with Crippen molar-refractivity contribution in [1.82, 2.24) is 0 Å². The van der Waals surface area contributed by atoms with E-state index in [1.54, 1.807) is 12.1 Å². The van der Waals surface area contributed by atoms with Crippen LogP contribution < -0.4 is 9.80 Å². The Bertz CT molecular complexity index is 1560. The molecule has 2 aliphatic rings. The number of rotatable bonds is 6. The lowest BCUT2D eigenvalue weighted by Crippen LogP contribution is -2.25. The summed E-state index contributed by atoms with van der Waals surface area (Å²) in [6.45, 7) is -0.148. The van der Waals surface area contributed by atoms with E-state index in [0.29, 0.717) is 21.4 Å². The number of ether oxygens (including phenoxy) is 2. The predicted octanol–water partition coefficient (Wildman–Crippen LogP) is 4.12. The number of nitrogens with zero attached hydrogens (tertiary/aromatic N) is 2. The molecule has 2 amide bonds. The van der Waals surface area contributed by atoms with E-state index in [9.17, 15) is 26.8 Å². The molecular formula is C27H25BrF2N2O8S. The van der Waals surface area contributed by atoms with E-state index in [1.165, 1.54) is 58.3 Å². The molecule has 0 bridgehead atoms.